The molecule has 134 valence electrons. The molecule has 0 aliphatic rings. The third-order valence-electron chi connectivity index (χ3n) is 2.85. The fourth-order valence-electron chi connectivity index (χ4n) is 1.82. The van der Waals surface area contributed by atoms with E-state index in [-0.39, 0.29) is 5.69 Å². The zero-order valence-electron chi connectivity index (χ0n) is 14.0. The second kappa shape index (κ2) is 8.39. The van der Waals surface area contributed by atoms with Gasteiger partial charge in [0.25, 0.3) is 0 Å². The van der Waals surface area contributed by atoms with Crippen molar-refractivity contribution in [3.8, 4) is 5.75 Å². The van der Waals surface area contributed by atoms with Crippen molar-refractivity contribution < 1.29 is 22.7 Å². The SMILES string of the molecule is CCNC(=O)NC(=O)[C@H](C)Nc1ccc(OC)c(NS(C)(=O)=O)c1. The lowest BCUT2D eigenvalue weighted by Crippen LogP contribution is -2.45. The predicted octanol–water partition coefficient (Wildman–Crippen LogP) is 0.713. The maximum atomic E-state index is 11.9. The quantitative estimate of drug-likeness (QED) is 0.569. The van der Waals surface area contributed by atoms with E-state index in [1.54, 1.807) is 26.0 Å². The van der Waals surface area contributed by atoms with Gasteiger partial charge in [0.2, 0.25) is 15.9 Å². The van der Waals surface area contributed by atoms with Gasteiger partial charge >= 0.3 is 6.03 Å². The van der Waals surface area contributed by atoms with Crippen molar-refractivity contribution in [3.63, 3.8) is 0 Å². The zero-order valence-corrected chi connectivity index (χ0v) is 14.8. The van der Waals surface area contributed by atoms with E-state index in [0.29, 0.717) is 18.0 Å². The topological polar surface area (TPSA) is 126 Å². The van der Waals surface area contributed by atoms with E-state index in [1.807, 2.05) is 0 Å². The molecule has 1 aromatic carbocycles. The Morgan fingerprint density at radius 2 is 1.96 bits per heavy atom. The fourth-order valence-corrected chi connectivity index (χ4v) is 2.38. The Bertz CT molecular complexity index is 705. The van der Waals surface area contributed by atoms with Crippen molar-refractivity contribution in [2.24, 2.45) is 0 Å². The van der Waals surface area contributed by atoms with E-state index in [9.17, 15) is 18.0 Å². The maximum absolute atomic E-state index is 11.9. The Labute approximate surface area is 141 Å². The highest BCUT2D eigenvalue weighted by molar-refractivity contribution is 7.92. The molecular weight excluding hydrogens is 336 g/mol. The van der Waals surface area contributed by atoms with Gasteiger partial charge in [0.15, 0.2) is 0 Å². The molecule has 4 N–H and O–H groups in total. The average molecular weight is 358 g/mol. The summed E-state index contributed by atoms with van der Waals surface area (Å²) in [6.07, 6.45) is 1.02. The molecule has 0 aliphatic heterocycles. The van der Waals surface area contributed by atoms with Gasteiger partial charge in [0, 0.05) is 12.2 Å². The Hall–Kier alpha value is -2.49. The van der Waals surface area contributed by atoms with Crippen molar-refractivity contribution in [2.75, 3.05) is 29.9 Å². The fraction of sp³-hybridized carbons (Fsp3) is 0.429. The van der Waals surface area contributed by atoms with Crippen LogP contribution in [0.5, 0.6) is 5.75 Å². The molecule has 10 heteroatoms. The Morgan fingerprint density at radius 3 is 2.50 bits per heavy atom. The van der Waals surface area contributed by atoms with Crippen LogP contribution in [0.4, 0.5) is 16.2 Å². The van der Waals surface area contributed by atoms with E-state index in [4.69, 9.17) is 4.74 Å². The van der Waals surface area contributed by atoms with Crippen LogP contribution in [-0.4, -0.2) is 46.3 Å². The van der Waals surface area contributed by atoms with Crippen molar-refractivity contribution in [3.05, 3.63) is 18.2 Å². The lowest BCUT2D eigenvalue weighted by molar-refractivity contribution is -0.120. The molecule has 1 aromatic rings. The van der Waals surface area contributed by atoms with Crippen LogP contribution in [0.1, 0.15) is 13.8 Å². The number of nitrogens with one attached hydrogen (secondary N) is 4. The van der Waals surface area contributed by atoms with Crippen LogP contribution in [-0.2, 0) is 14.8 Å². The summed E-state index contributed by atoms with van der Waals surface area (Å²) >= 11 is 0. The second-order valence-electron chi connectivity index (χ2n) is 5.00. The number of sulfonamides is 1. The number of imide groups is 1. The highest BCUT2D eigenvalue weighted by Crippen LogP contribution is 2.28. The van der Waals surface area contributed by atoms with Crippen LogP contribution in [0.15, 0.2) is 18.2 Å². The molecule has 0 heterocycles. The predicted molar refractivity (Wildman–Crippen MR) is 91.8 cm³/mol. The number of benzene rings is 1. The van der Waals surface area contributed by atoms with Crippen LogP contribution in [0.2, 0.25) is 0 Å². The van der Waals surface area contributed by atoms with Gasteiger partial charge in [0.05, 0.1) is 19.1 Å². The Balaban J connectivity index is 2.85. The van der Waals surface area contributed by atoms with Crippen LogP contribution in [0, 0.1) is 0 Å². The van der Waals surface area contributed by atoms with Gasteiger partial charge in [-0.1, -0.05) is 0 Å². The van der Waals surface area contributed by atoms with Crippen LogP contribution in [0.3, 0.4) is 0 Å². The minimum Gasteiger partial charge on any atom is -0.495 e. The summed E-state index contributed by atoms with van der Waals surface area (Å²) in [5, 5.41) is 7.53. The number of anilines is 2. The molecule has 0 saturated carbocycles. The summed E-state index contributed by atoms with van der Waals surface area (Å²) in [4.78, 5) is 23.2. The van der Waals surface area contributed by atoms with Gasteiger partial charge in [0.1, 0.15) is 11.8 Å². The summed E-state index contributed by atoms with van der Waals surface area (Å²) < 4.78 is 30.2. The molecule has 24 heavy (non-hydrogen) atoms. The van der Waals surface area contributed by atoms with Crippen LogP contribution in [0.25, 0.3) is 0 Å². The van der Waals surface area contributed by atoms with Crippen molar-refractivity contribution in [2.45, 2.75) is 19.9 Å². The molecule has 0 unspecified atom stereocenters. The van der Waals surface area contributed by atoms with E-state index in [1.165, 1.54) is 13.2 Å². The largest absolute Gasteiger partial charge is 0.495 e. The molecule has 3 amide bonds. The Kier molecular flexibility index (Phi) is 6.83. The minimum absolute atomic E-state index is 0.237. The smallest absolute Gasteiger partial charge is 0.321 e. The Morgan fingerprint density at radius 1 is 1.29 bits per heavy atom. The van der Waals surface area contributed by atoms with E-state index >= 15 is 0 Å². The number of hydrogen-bond acceptors (Lipinski definition) is 6. The summed E-state index contributed by atoms with van der Waals surface area (Å²) in [5.74, 6) is -0.181. The highest BCUT2D eigenvalue weighted by atomic mass is 32.2. The monoisotopic (exact) mass is 358 g/mol. The normalized spacial score (nSPS) is 12.0. The molecular formula is C14H22N4O5S. The summed E-state index contributed by atoms with van der Waals surface area (Å²) in [7, 11) is -2.07. The lowest BCUT2D eigenvalue weighted by Gasteiger charge is -2.17. The summed E-state index contributed by atoms with van der Waals surface area (Å²) in [5.41, 5.74) is 0.724. The zero-order chi connectivity index (χ0) is 18.3. The van der Waals surface area contributed by atoms with E-state index < -0.39 is 28.0 Å². The van der Waals surface area contributed by atoms with Gasteiger partial charge in [-0.3, -0.25) is 14.8 Å². The highest BCUT2D eigenvalue weighted by Gasteiger charge is 2.16. The molecule has 0 aliphatic carbocycles. The number of carbonyl (C=O) groups excluding carboxylic acids is 2. The molecule has 0 bridgehead atoms. The molecule has 0 spiro atoms. The van der Waals surface area contributed by atoms with Crippen molar-refractivity contribution in [1.29, 1.82) is 0 Å². The second-order valence-corrected chi connectivity index (χ2v) is 6.75. The van der Waals surface area contributed by atoms with Crippen LogP contribution >= 0.6 is 0 Å². The van der Waals surface area contributed by atoms with Gasteiger partial charge in [-0.25, -0.2) is 13.2 Å². The molecule has 0 fully saturated rings. The third-order valence-corrected chi connectivity index (χ3v) is 3.44. The average Bonchev–Trinajstić information content (AvgIpc) is 2.46. The van der Waals surface area contributed by atoms with E-state index in [0.717, 1.165) is 6.26 Å². The van der Waals surface area contributed by atoms with Crippen molar-refractivity contribution in [1.82, 2.24) is 10.6 Å². The van der Waals surface area contributed by atoms with Gasteiger partial charge in [-0.05, 0) is 32.0 Å². The number of rotatable bonds is 7. The summed E-state index contributed by atoms with van der Waals surface area (Å²) in [6.45, 7) is 3.71. The lowest BCUT2D eigenvalue weighted by atomic mass is 10.2. The number of carbonyl (C=O) groups is 2. The number of ether oxygens (including phenoxy) is 1. The maximum Gasteiger partial charge on any atom is 0.321 e. The summed E-state index contributed by atoms with van der Waals surface area (Å²) in [6, 6.07) is 3.39. The standard InChI is InChI=1S/C14H22N4O5S/c1-5-15-14(20)17-13(19)9(2)16-10-6-7-12(23-3)11(8-10)18-24(4,21)22/h6-9,16,18H,5H2,1-4H3,(H2,15,17,19,20)/t9-/m0/s1. The first-order valence-corrected chi connectivity index (χ1v) is 9.06. The first-order valence-electron chi connectivity index (χ1n) is 7.17. The molecule has 9 nitrogen and oxygen atoms in total. The molecule has 0 aromatic heterocycles. The van der Waals surface area contributed by atoms with Crippen molar-refractivity contribution >= 4 is 33.3 Å². The van der Waals surface area contributed by atoms with Gasteiger partial charge < -0.3 is 15.4 Å². The number of urea groups is 1. The number of hydrogen-bond donors (Lipinski definition) is 4. The number of methoxy groups -OCH3 is 1. The van der Waals surface area contributed by atoms with E-state index in [2.05, 4.69) is 20.7 Å². The first-order chi connectivity index (χ1) is 11.2. The van der Waals surface area contributed by atoms with Crippen LogP contribution < -0.4 is 25.4 Å². The van der Waals surface area contributed by atoms with Gasteiger partial charge in [-0.2, -0.15) is 0 Å². The minimum atomic E-state index is -3.48. The third kappa shape index (κ3) is 6.32. The first kappa shape index (κ1) is 19.6. The molecule has 1 rings (SSSR count). The number of amides is 3. The molecule has 0 radical (unpaired) electrons. The molecule has 1 atom stereocenters. The van der Waals surface area contributed by atoms with Gasteiger partial charge in [-0.15, -0.1) is 0 Å². The molecule has 0 saturated heterocycles.